The Labute approximate surface area is 166 Å². The molecule has 28 heavy (non-hydrogen) atoms. The summed E-state index contributed by atoms with van der Waals surface area (Å²) in [4.78, 5) is 0. The molecule has 3 rings (SSSR count). The van der Waals surface area contributed by atoms with E-state index in [1.807, 2.05) is 103 Å². The van der Waals surface area contributed by atoms with Crippen LogP contribution in [-0.4, -0.2) is 12.2 Å². The van der Waals surface area contributed by atoms with Crippen molar-refractivity contribution in [1.82, 2.24) is 0 Å². The molecule has 3 aromatic carbocycles. The van der Waals surface area contributed by atoms with Crippen LogP contribution in [0.1, 0.15) is 16.7 Å². The highest BCUT2D eigenvalue weighted by Gasteiger charge is 2.22. The summed E-state index contributed by atoms with van der Waals surface area (Å²) in [6.07, 6.45) is 7.41. The van der Waals surface area contributed by atoms with E-state index in [1.165, 1.54) is 0 Å². The lowest BCUT2D eigenvalue weighted by molar-refractivity contribution is 0.154. The predicted octanol–water partition coefficient (Wildman–Crippen LogP) is 5.20. The maximum atomic E-state index is 11.2. The van der Waals surface area contributed by atoms with E-state index in [-0.39, 0.29) is 0 Å². The van der Waals surface area contributed by atoms with Gasteiger partial charge in [0.05, 0.1) is 7.11 Å². The molecule has 0 fully saturated rings. The van der Waals surface area contributed by atoms with E-state index in [9.17, 15) is 5.11 Å². The zero-order chi connectivity index (χ0) is 19.7. The first-order valence-corrected chi connectivity index (χ1v) is 9.06. The van der Waals surface area contributed by atoms with Gasteiger partial charge in [-0.05, 0) is 41.5 Å². The van der Waals surface area contributed by atoms with Gasteiger partial charge < -0.3 is 9.84 Å². The summed E-state index contributed by atoms with van der Waals surface area (Å²) in [5.41, 5.74) is 1.24. The largest absolute Gasteiger partial charge is 0.497 e. The average Bonchev–Trinajstić information content (AvgIpc) is 2.77. The molecule has 0 aliphatic rings. The van der Waals surface area contributed by atoms with Crippen molar-refractivity contribution in [3.05, 3.63) is 120 Å². The van der Waals surface area contributed by atoms with E-state index < -0.39 is 5.60 Å². The Morgan fingerprint density at radius 1 is 0.821 bits per heavy atom. The summed E-state index contributed by atoms with van der Waals surface area (Å²) < 4.78 is 5.17. The van der Waals surface area contributed by atoms with Gasteiger partial charge in [0.2, 0.25) is 0 Å². The fraction of sp³-hybridized carbons (Fsp3) is 0.0769. The lowest BCUT2D eigenvalue weighted by Crippen LogP contribution is -2.20. The van der Waals surface area contributed by atoms with Crippen molar-refractivity contribution in [2.75, 3.05) is 7.11 Å². The molecule has 0 saturated heterocycles. The molecule has 138 valence electrons. The smallest absolute Gasteiger partial charge is 0.170 e. The minimum absolute atomic E-state index is 0.723. The first-order chi connectivity index (χ1) is 13.7. The molecule has 0 spiro atoms. The van der Waals surface area contributed by atoms with Gasteiger partial charge in [-0.25, -0.2) is 0 Å². The van der Waals surface area contributed by atoms with Gasteiger partial charge in [0, 0.05) is 5.56 Å². The second-order valence-corrected chi connectivity index (χ2v) is 6.24. The molecule has 1 unspecified atom stereocenters. The Hall–Kier alpha value is -3.54. The summed E-state index contributed by atoms with van der Waals surface area (Å²) >= 11 is 0. The van der Waals surface area contributed by atoms with Gasteiger partial charge in [-0.2, -0.15) is 0 Å². The van der Waals surface area contributed by atoms with Gasteiger partial charge in [0.1, 0.15) is 5.75 Å². The molecule has 0 aromatic heterocycles. The Morgan fingerprint density at radius 3 is 2.11 bits per heavy atom. The zero-order valence-electron chi connectivity index (χ0n) is 15.7. The standard InChI is InChI=1S/C26H22O2/c1-28-25-17-15-23(16-18-25)19-21-26(27,24-13-6-3-7-14-24)20-9-8-12-22-10-4-2-5-11-22/h2-18,20,27H,1H3/b12-8+,20-9+. The van der Waals surface area contributed by atoms with Crippen molar-refractivity contribution in [3.8, 4) is 17.6 Å². The number of rotatable bonds is 5. The highest BCUT2D eigenvalue weighted by molar-refractivity contribution is 5.51. The lowest BCUT2D eigenvalue weighted by Gasteiger charge is -2.18. The molecule has 3 aromatic rings. The number of aliphatic hydroxyl groups is 1. The maximum absolute atomic E-state index is 11.2. The Kier molecular flexibility index (Phi) is 6.46. The number of ether oxygens (including phenoxy) is 1. The normalized spacial score (nSPS) is 13.1. The van der Waals surface area contributed by atoms with Gasteiger partial charge in [0.15, 0.2) is 5.60 Å². The molecular weight excluding hydrogens is 344 g/mol. The van der Waals surface area contributed by atoms with Gasteiger partial charge in [-0.1, -0.05) is 90.7 Å². The Bertz CT molecular complexity index is 991. The summed E-state index contributed by atoms with van der Waals surface area (Å²) in [5, 5.41) is 11.2. The SMILES string of the molecule is COc1ccc(C#CC(O)(/C=C/C=C/c2ccccc2)c2ccccc2)cc1. The monoisotopic (exact) mass is 366 g/mol. The third-order valence-electron chi connectivity index (χ3n) is 4.24. The highest BCUT2D eigenvalue weighted by atomic mass is 16.5. The first kappa shape index (κ1) is 19.2. The van der Waals surface area contributed by atoms with Crippen LogP contribution < -0.4 is 4.74 Å². The van der Waals surface area contributed by atoms with E-state index in [0.29, 0.717) is 0 Å². The molecule has 0 saturated carbocycles. The van der Waals surface area contributed by atoms with Crippen LogP contribution in [-0.2, 0) is 5.60 Å². The molecule has 0 aliphatic carbocycles. The number of methoxy groups -OCH3 is 1. The molecule has 2 heteroatoms. The van der Waals surface area contributed by atoms with Crippen molar-refractivity contribution in [1.29, 1.82) is 0 Å². The fourth-order valence-electron chi connectivity index (χ4n) is 2.67. The fourth-order valence-corrected chi connectivity index (χ4v) is 2.67. The van der Waals surface area contributed by atoms with Crippen molar-refractivity contribution >= 4 is 6.08 Å². The minimum atomic E-state index is -1.39. The average molecular weight is 366 g/mol. The number of allylic oxidation sites excluding steroid dienone is 2. The summed E-state index contributed by atoms with van der Waals surface area (Å²) in [6, 6.07) is 26.9. The summed E-state index contributed by atoms with van der Waals surface area (Å²) in [7, 11) is 1.63. The van der Waals surface area contributed by atoms with Crippen LogP contribution in [0, 0.1) is 11.8 Å². The van der Waals surface area contributed by atoms with E-state index in [1.54, 1.807) is 13.2 Å². The molecule has 0 bridgehead atoms. The topological polar surface area (TPSA) is 29.5 Å². The molecule has 0 radical (unpaired) electrons. The number of hydrogen-bond donors (Lipinski definition) is 1. The van der Waals surface area contributed by atoms with Gasteiger partial charge in [0.25, 0.3) is 0 Å². The van der Waals surface area contributed by atoms with Gasteiger partial charge in [-0.3, -0.25) is 0 Å². The Balaban J connectivity index is 1.87. The molecule has 1 atom stereocenters. The van der Waals surface area contributed by atoms with Gasteiger partial charge in [-0.15, -0.1) is 0 Å². The minimum Gasteiger partial charge on any atom is -0.497 e. The van der Waals surface area contributed by atoms with Crippen LogP contribution in [0.3, 0.4) is 0 Å². The van der Waals surface area contributed by atoms with Crippen LogP contribution in [0.4, 0.5) is 0 Å². The second kappa shape index (κ2) is 9.41. The quantitative estimate of drug-likeness (QED) is 0.496. The summed E-state index contributed by atoms with van der Waals surface area (Å²) in [5.74, 6) is 6.84. The maximum Gasteiger partial charge on any atom is 0.170 e. The first-order valence-electron chi connectivity index (χ1n) is 9.06. The van der Waals surface area contributed by atoms with Crippen LogP contribution in [0.5, 0.6) is 5.75 Å². The number of benzene rings is 3. The highest BCUT2D eigenvalue weighted by Crippen LogP contribution is 2.22. The molecule has 0 heterocycles. The van der Waals surface area contributed by atoms with E-state index in [2.05, 4.69) is 11.8 Å². The van der Waals surface area contributed by atoms with Crippen LogP contribution >= 0.6 is 0 Å². The molecule has 0 aliphatic heterocycles. The third kappa shape index (κ3) is 5.23. The van der Waals surface area contributed by atoms with Crippen molar-refractivity contribution < 1.29 is 9.84 Å². The number of hydrogen-bond acceptors (Lipinski definition) is 2. The van der Waals surface area contributed by atoms with E-state index in [0.717, 1.165) is 22.4 Å². The predicted molar refractivity (Wildman–Crippen MR) is 115 cm³/mol. The van der Waals surface area contributed by atoms with Crippen molar-refractivity contribution in [2.45, 2.75) is 5.60 Å². The molecule has 1 N–H and O–H groups in total. The van der Waals surface area contributed by atoms with Crippen molar-refractivity contribution in [2.24, 2.45) is 0 Å². The van der Waals surface area contributed by atoms with E-state index in [4.69, 9.17) is 4.74 Å². The molecule has 0 amide bonds. The lowest BCUT2D eigenvalue weighted by atomic mass is 9.93. The van der Waals surface area contributed by atoms with Crippen LogP contribution in [0.2, 0.25) is 0 Å². The zero-order valence-corrected chi connectivity index (χ0v) is 15.7. The van der Waals surface area contributed by atoms with Crippen LogP contribution in [0.25, 0.3) is 6.08 Å². The van der Waals surface area contributed by atoms with Gasteiger partial charge >= 0.3 is 0 Å². The van der Waals surface area contributed by atoms with Crippen molar-refractivity contribution in [3.63, 3.8) is 0 Å². The van der Waals surface area contributed by atoms with Crippen LogP contribution in [0.15, 0.2) is 103 Å². The second-order valence-electron chi connectivity index (χ2n) is 6.24. The summed E-state index contributed by atoms with van der Waals surface area (Å²) in [6.45, 7) is 0. The third-order valence-corrected chi connectivity index (χ3v) is 4.24. The molecular formula is C26H22O2. The molecule has 2 nitrogen and oxygen atoms in total. The Morgan fingerprint density at radius 2 is 1.46 bits per heavy atom. The van der Waals surface area contributed by atoms with E-state index >= 15 is 0 Å².